The lowest BCUT2D eigenvalue weighted by molar-refractivity contribution is 0.156. The molecule has 0 radical (unpaired) electrons. The molecule has 0 spiro atoms. The van der Waals surface area contributed by atoms with Crippen LogP contribution in [0.5, 0.6) is 0 Å². The molecule has 3 N–H and O–H groups in total. The minimum atomic E-state index is -0.113. The molecule has 0 fully saturated rings. The molecule has 5 heteroatoms. The number of pyridine rings is 1. The second kappa shape index (κ2) is 5.95. The van der Waals surface area contributed by atoms with Crippen molar-refractivity contribution in [1.82, 2.24) is 20.5 Å². The number of hydrogen-bond acceptors (Lipinski definition) is 4. The van der Waals surface area contributed by atoms with Crippen LogP contribution in [0, 0.1) is 5.41 Å². The van der Waals surface area contributed by atoms with Crippen molar-refractivity contribution in [2.75, 3.05) is 13.2 Å². The molecule has 19 heavy (non-hydrogen) atoms. The van der Waals surface area contributed by atoms with E-state index in [9.17, 15) is 5.11 Å². The third kappa shape index (κ3) is 3.62. The zero-order chi connectivity index (χ0) is 13.7. The van der Waals surface area contributed by atoms with E-state index in [1.807, 2.05) is 38.4 Å². The first kappa shape index (κ1) is 13.7. The van der Waals surface area contributed by atoms with Crippen LogP contribution >= 0.6 is 0 Å². The van der Waals surface area contributed by atoms with Crippen molar-refractivity contribution >= 4 is 0 Å². The summed E-state index contributed by atoms with van der Waals surface area (Å²) in [7, 11) is 0. The number of nitrogens with one attached hydrogen (secondary N) is 2. The first-order chi connectivity index (χ1) is 9.12. The van der Waals surface area contributed by atoms with E-state index in [1.54, 1.807) is 6.20 Å². The summed E-state index contributed by atoms with van der Waals surface area (Å²) in [5.41, 5.74) is 3.00. The SMILES string of the molecule is CC(C)(CO)CNCc1cn[nH]c1-c1cccnc1. The number of nitrogens with zero attached hydrogens (tertiary/aromatic N) is 2. The summed E-state index contributed by atoms with van der Waals surface area (Å²) in [6.45, 7) is 5.68. The summed E-state index contributed by atoms with van der Waals surface area (Å²) >= 11 is 0. The number of aliphatic hydroxyl groups is 1. The molecule has 0 amide bonds. The van der Waals surface area contributed by atoms with Gasteiger partial charge < -0.3 is 10.4 Å². The Labute approximate surface area is 113 Å². The Balaban J connectivity index is 2.01. The largest absolute Gasteiger partial charge is 0.396 e. The minimum absolute atomic E-state index is 0.113. The fourth-order valence-corrected chi connectivity index (χ4v) is 1.80. The zero-order valence-electron chi connectivity index (χ0n) is 11.3. The summed E-state index contributed by atoms with van der Waals surface area (Å²) in [6, 6.07) is 3.91. The molecular formula is C14H20N4O. The minimum Gasteiger partial charge on any atom is -0.396 e. The normalized spacial score (nSPS) is 11.7. The standard InChI is InChI=1S/C14H20N4O/c1-14(2,10-19)9-16-7-12-8-17-18-13(12)11-4-3-5-15-6-11/h3-6,8,16,19H,7,9-10H2,1-2H3,(H,17,18). The predicted molar refractivity (Wildman–Crippen MR) is 74.4 cm³/mol. The van der Waals surface area contributed by atoms with E-state index in [0.29, 0.717) is 6.54 Å². The van der Waals surface area contributed by atoms with Crippen molar-refractivity contribution in [2.45, 2.75) is 20.4 Å². The summed E-state index contributed by atoms with van der Waals surface area (Å²) in [5.74, 6) is 0. The summed E-state index contributed by atoms with van der Waals surface area (Å²) in [6.07, 6.45) is 5.39. The van der Waals surface area contributed by atoms with Crippen LogP contribution in [0.3, 0.4) is 0 Å². The van der Waals surface area contributed by atoms with Crippen LogP contribution in [0.25, 0.3) is 11.3 Å². The Morgan fingerprint density at radius 2 is 2.21 bits per heavy atom. The van der Waals surface area contributed by atoms with Crippen LogP contribution < -0.4 is 5.32 Å². The first-order valence-corrected chi connectivity index (χ1v) is 6.36. The zero-order valence-corrected chi connectivity index (χ0v) is 11.3. The van der Waals surface area contributed by atoms with E-state index < -0.39 is 0 Å². The average Bonchev–Trinajstić information content (AvgIpc) is 2.88. The van der Waals surface area contributed by atoms with Crippen molar-refractivity contribution in [3.05, 3.63) is 36.3 Å². The fourth-order valence-electron chi connectivity index (χ4n) is 1.80. The maximum absolute atomic E-state index is 9.22. The van der Waals surface area contributed by atoms with Crippen molar-refractivity contribution < 1.29 is 5.11 Å². The van der Waals surface area contributed by atoms with Gasteiger partial charge in [0.1, 0.15) is 0 Å². The maximum Gasteiger partial charge on any atom is 0.0710 e. The number of aromatic nitrogens is 3. The second-order valence-corrected chi connectivity index (χ2v) is 5.44. The Hall–Kier alpha value is -1.72. The molecule has 102 valence electrons. The second-order valence-electron chi connectivity index (χ2n) is 5.44. The van der Waals surface area contributed by atoms with Gasteiger partial charge >= 0.3 is 0 Å². The van der Waals surface area contributed by atoms with Crippen LogP contribution in [0.4, 0.5) is 0 Å². The third-order valence-corrected chi connectivity index (χ3v) is 3.02. The number of hydrogen-bond donors (Lipinski definition) is 3. The lowest BCUT2D eigenvalue weighted by Gasteiger charge is -2.21. The highest BCUT2D eigenvalue weighted by atomic mass is 16.3. The number of rotatable bonds is 6. The van der Waals surface area contributed by atoms with Crippen LogP contribution in [0.1, 0.15) is 19.4 Å². The van der Waals surface area contributed by atoms with Crippen molar-refractivity contribution in [3.8, 4) is 11.3 Å². The topological polar surface area (TPSA) is 73.8 Å². The van der Waals surface area contributed by atoms with Crippen molar-refractivity contribution in [2.24, 2.45) is 5.41 Å². The fraction of sp³-hybridized carbons (Fsp3) is 0.429. The molecule has 2 aromatic rings. The highest BCUT2D eigenvalue weighted by Crippen LogP contribution is 2.20. The lowest BCUT2D eigenvalue weighted by atomic mass is 9.95. The Morgan fingerprint density at radius 1 is 1.37 bits per heavy atom. The molecular weight excluding hydrogens is 240 g/mol. The molecule has 0 unspecified atom stereocenters. The lowest BCUT2D eigenvalue weighted by Crippen LogP contribution is -2.31. The average molecular weight is 260 g/mol. The van der Waals surface area contributed by atoms with E-state index in [4.69, 9.17) is 0 Å². The molecule has 0 aliphatic carbocycles. The van der Waals surface area contributed by atoms with Crippen LogP contribution in [-0.2, 0) is 6.54 Å². The quantitative estimate of drug-likeness (QED) is 0.737. The van der Waals surface area contributed by atoms with Crippen LogP contribution in [0.2, 0.25) is 0 Å². The molecule has 0 atom stereocenters. The summed E-state index contributed by atoms with van der Waals surface area (Å²) in [5, 5.41) is 19.7. The smallest absolute Gasteiger partial charge is 0.0710 e. The van der Waals surface area contributed by atoms with E-state index in [2.05, 4.69) is 20.5 Å². The molecule has 0 saturated carbocycles. The molecule has 0 aliphatic heterocycles. The first-order valence-electron chi connectivity index (χ1n) is 6.36. The van der Waals surface area contributed by atoms with Gasteiger partial charge in [-0.15, -0.1) is 0 Å². The van der Waals surface area contributed by atoms with Gasteiger partial charge in [0.2, 0.25) is 0 Å². The van der Waals surface area contributed by atoms with E-state index >= 15 is 0 Å². The number of H-pyrrole nitrogens is 1. The molecule has 2 rings (SSSR count). The summed E-state index contributed by atoms with van der Waals surface area (Å²) in [4.78, 5) is 4.11. The number of aliphatic hydroxyl groups excluding tert-OH is 1. The van der Waals surface area contributed by atoms with Gasteiger partial charge in [-0.3, -0.25) is 10.1 Å². The van der Waals surface area contributed by atoms with E-state index in [0.717, 1.165) is 23.4 Å². The molecule has 2 heterocycles. The molecule has 5 nitrogen and oxygen atoms in total. The highest BCUT2D eigenvalue weighted by molar-refractivity contribution is 5.61. The van der Waals surface area contributed by atoms with Crippen LogP contribution in [0.15, 0.2) is 30.7 Å². The van der Waals surface area contributed by atoms with Gasteiger partial charge in [-0.1, -0.05) is 13.8 Å². The maximum atomic E-state index is 9.22. The Morgan fingerprint density at radius 3 is 2.89 bits per heavy atom. The molecule has 2 aromatic heterocycles. The molecule has 0 saturated heterocycles. The highest BCUT2D eigenvalue weighted by Gasteiger charge is 2.16. The Kier molecular flexibility index (Phi) is 4.29. The van der Waals surface area contributed by atoms with E-state index in [-0.39, 0.29) is 12.0 Å². The van der Waals surface area contributed by atoms with Gasteiger partial charge in [-0.2, -0.15) is 5.10 Å². The monoisotopic (exact) mass is 260 g/mol. The van der Waals surface area contributed by atoms with Gasteiger partial charge in [0.05, 0.1) is 11.9 Å². The van der Waals surface area contributed by atoms with Gasteiger partial charge in [0, 0.05) is 48.6 Å². The predicted octanol–water partition coefficient (Wildman–Crippen LogP) is 1.58. The third-order valence-electron chi connectivity index (χ3n) is 3.02. The summed E-state index contributed by atoms with van der Waals surface area (Å²) < 4.78 is 0. The number of aromatic amines is 1. The van der Waals surface area contributed by atoms with Gasteiger partial charge in [0.25, 0.3) is 0 Å². The van der Waals surface area contributed by atoms with Crippen molar-refractivity contribution in [1.29, 1.82) is 0 Å². The van der Waals surface area contributed by atoms with Gasteiger partial charge in [0.15, 0.2) is 0 Å². The molecule has 0 aromatic carbocycles. The van der Waals surface area contributed by atoms with Gasteiger partial charge in [-0.25, -0.2) is 0 Å². The van der Waals surface area contributed by atoms with Gasteiger partial charge in [-0.05, 0) is 12.1 Å². The molecule has 0 bridgehead atoms. The van der Waals surface area contributed by atoms with E-state index in [1.165, 1.54) is 0 Å². The Bertz CT molecular complexity index is 507. The van der Waals surface area contributed by atoms with Crippen molar-refractivity contribution in [3.63, 3.8) is 0 Å². The molecule has 0 aliphatic rings. The van der Waals surface area contributed by atoms with Crippen LogP contribution in [-0.4, -0.2) is 33.4 Å².